The number of aromatic amines is 1. The van der Waals surface area contributed by atoms with Gasteiger partial charge in [-0.15, -0.1) is 0 Å². The van der Waals surface area contributed by atoms with Crippen molar-refractivity contribution < 1.29 is 4.42 Å². The molecular formula is C6H4N2O2. The molecular weight excluding hydrogens is 132 g/mol. The lowest BCUT2D eigenvalue weighted by Crippen LogP contribution is -2.07. The zero-order valence-electron chi connectivity index (χ0n) is 5.00. The lowest BCUT2D eigenvalue weighted by Gasteiger charge is -1.81. The quantitative estimate of drug-likeness (QED) is 0.574. The third-order valence-electron chi connectivity index (χ3n) is 1.25. The first-order valence-electron chi connectivity index (χ1n) is 2.77. The second-order valence-corrected chi connectivity index (χ2v) is 1.93. The SMILES string of the molecule is O=c1ncc2cocc2[nH]1. The van der Waals surface area contributed by atoms with Gasteiger partial charge in [-0.25, -0.2) is 9.78 Å². The molecule has 1 N–H and O–H groups in total. The van der Waals surface area contributed by atoms with E-state index in [9.17, 15) is 4.79 Å². The minimum Gasteiger partial charge on any atom is -0.470 e. The number of hydrogen-bond acceptors (Lipinski definition) is 3. The zero-order valence-corrected chi connectivity index (χ0v) is 5.00. The molecule has 0 radical (unpaired) electrons. The summed E-state index contributed by atoms with van der Waals surface area (Å²) in [6, 6.07) is 0. The third-order valence-corrected chi connectivity index (χ3v) is 1.25. The van der Waals surface area contributed by atoms with Crippen LogP contribution in [0.3, 0.4) is 0 Å². The van der Waals surface area contributed by atoms with Crippen LogP contribution in [0.5, 0.6) is 0 Å². The maximum absolute atomic E-state index is 10.6. The maximum atomic E-state index is 10.6. The van der Waals surface area contributed by atoms with Crippen molar-refractivity contribution in [2.75, 3.05) is 0 Å². The van der Waals surface area contributed by atoms with Crippen molar-refractivity contribution in [1.82, 2.24) is 9.97 Å². The summed E-state index contributed by atoms with van der Waals surface area (Å²) < 4.78 is 4.81. The standard InChI is InChI=1S/C6H4N2O2/c9-6-7-1-4-2-10-3-5(4)8-6/h1-3H,(H,8,9). The number of nitrogens with one attached hydrogen (secondary N) is 1. The largest absolute Gasteiger partial charge is 0.470 e. The summed E-state index contributed by atoms with van der Waals surface area (Å²) >= 11 is 0. The highest BCUT2D eigenvalue weighted by molar-refractivity contribution is 5.75. The van der Waals surface area contributed by atoms with Crippen LogP contribution >= 0.6 is 0 Å². The van der Waals surface area contributed by atoms with Crippen LogP contribution in [0.2, 0.25) is 0 Å². The minimum atomic E-state index is -0.353. The number of hydrogen-bond donors (Lipinski definition) is 1. The Morgan fingerprint density at radius 3 is 3.30 bits per heavy atom. The molecule has 2 aromatic rings. The number of H-pyrrole nitrogens is 1. The minimum absolute atomic E-state index is 0.353. The molecule has 0 aliphatic heterocycles. The van der Waals surface area contributed by atoms with E-state index >= 15 is 0 Å². The van der Waals surface area contributed by atoms with Crippen LogP contribution in [-0.2, 0) is 0 Å². The molecule has 10 heavy (non-hydrogen) atoms. The lowest BCUT2D eigenvalue weighted by atomic mass is 10.4. The van der Waals surface area contributed by atoms with E-state index in [1.165, 1.54) is 18.7 Å². The molecule has 2 heterocycles. The van der Waals surface area contributed by atoms with Gasteiger partial charge in [0, 0.05) is 6.20 Å². The predicted molar refractivity (Wildman–Crippen MR) is 34.6 cm³/mol. The number of nitrogens with zero attached hydrogens (tertiary/aromatic N) is 1. The number of aromatic nitrogens is 2. The van der Waals surface area contributed by atoms with Crippen LogP contribution in [0.4, 0.5) is 0 Å². The molecule has 0 amide bonds. The summed E-state index contributed by atoms with van der Waals surface area (Å²) in [5.74, 6) is 0. The van der Waals surface area contributed by atoms with Gasteiger partial charge in [-0.05, 0) is 0 Å². The van der Waals surface area contributed by atoms with Gasteiger partial charge in [-0.2, -0.15) is 0 Å². The van der Waals surface area contributed by atoms with Crippen LogP contribution in [-0.4, -0.2) is 9.97 Å². The highest BCUT2D eigenvalue weighted by atomic mass is 16.3. The van der Waals surface area contributed by atoms with Crippen LogP contribution in [0.1, 0.15) is 0 Å². The van der Waals surface area contributed by atoms with Gasteiger partial charge in [-0.1, -0.05) is 0 Å². The van der Waals surface area contributed by atoms with Gasteiger partial charge >= 0.3 is 5.69 Å². The summed E-state index contributed by atoms with van der Waals surface area (Å²) in [6.07, 6.45) is 4.47. The van der Waals surface area contributed by atoms with E-state index in [1.807, 2.05) is 0 Å². The van der Waals surface area contributed by atoms with Crippen LogP contribution < -0.4 is 5.69 Å². The Morgan fingerprint density at radius 1 is 1.50 bits per heavy atom. The molecule has 0 atom stereocenters. The molecule has 0 aliphatic carbocycles. The molecule has 4 heteroatoms. The highest BCUT2D eigenvalue weighted by Gasteiger charge is 1.94. The molecule has 2 aromatic heterocycles. The van der Waals surface area contributed by atoms with Crippen molar-refractivity contribution in [2.24, 2.45) is 0 Å². The Kier molecular flexibility index (Phi) is 0.887. The van der Waals surface area contributed by atoms with Gasteiger partial charge in [-0.3, -0.25) is 0 Å². The number of rotatable bonds is 0. The van der Waals surface area contributed by atoms with Gasteiger partial charge in [0.25, 0.3) is 0 Å². The van der Waals surface area contributed by atoms with E-state index in [2.05, 4.69) is 9.97 Å². The number of fused-ring (bicyclic) bond motifs is 1. The Morgan fingerprint density at radius 2 is 2.40 bits per heavy atom. The fraction of sp³-hybridized carbons (Fsp3) is 0. The predicted octanol–water partition coefficient (Wildman–Crippen LogP) is 0.516. The summed E-state index contributed by atoms with van der Waals surface area (Å²) in [5.41, 5.74) is 0.328. The van der Waals surface area contributed by atoms with Crippen LogP contribution in [0.15, 0.2) is 27.9 Å². The van der Waals surface area contributed by atoms with Gasteiger partial charge in [0.05, 0.1) is 10.9 Å². The second kappa shape index (κ2) is 1.70. The van der Waals surface area contributed by atoms with E-state index in [1.54, 1.807) is 0 Å². The zero-order chi connectivity index (χ0) is 6.97. The van der Waals surface area contributed by atoms with E-state index in [0.717, 1.165) is 5.39 Å². The Hall–Kier alpha value is -1.58. The monoisotopic (exact) mass is 136 g/mol. The van der Waals surface area contributed by atoms with E-state index in [-0.39, 0.29) is 5.69 Å². The Bertz CT molecular complexity index is 401. The van der Waals surface area contributed by atoms with Gasteiger partial charge in [0.1, 0.15) is 12.5 Å². The van der Waals surface area contributed by atoms with Crippen LogP contribution in [0.25, 0.3) is 10.9 Å². The molecule has 50 valence electrons. The maximum Gasteiger partial charge on any atom is 0.345 e. The highest BCUT2D eigenvalue weighted by Crippen LogP contribution is 2.06. The first kappa shape index (κ1) is 5.22. The lowest BCUT2D eigenvalue weighted by molar-refractivity contribution is 0.571. The van der Waals surface area contributed by atoms with Gasteiger partial charge in [0.15, 0.2) is 0 Å². The Labute approximate surface area is 55.5 Å². The van der Waals surface area contributed by atoms with Gasteiger partial charge < -0.3 is 9.40 Å². The number of furan rings is 1. The molecule has 0 fully saturated rings. The molecule has 4 nitrogen and oxygen atoms in total. The van der Waals surface area contributed by atoms with E-state index < -0.39 is 0 Å². The average Bonchev–Trinajstić information content (AvgIpc) is 2.33. The summed E-state index contributed by atoms with van der Waals surface area (Å²) in [6.45, 7) is 0. The van der Waals surface area contributed by atoms with Gasteiger partial charge in [0.2, 0.25) is 0 Å². The van der Waals surface area contributed by atoms with Crippen molar-refractivity contribution in [3.63, 3.8) is 0 Å². The first-order chi connectivity index (χ1) is 4.86. The second-order valence-electron chi connectivity index (χ2n) is 1.93. The molecule has 0 aromatic carbocycles. The van der Waals surface area contributed by atoms with Crippen molar-refractivity contribution in [1.29, 1.82) is 0 Å². The molecule has 2 rings (SSSR count). The molecule has 0 saturated heterocycles. The van der Waals surface area contributed by atoms with Crippen LogP contribution in [0, 0.1) is 0 Å². The molecule has 0 bridgehead atoms. The van der Waals surface area contributed by atoms with Crippen molar-refractivity contribution in [2.45, 2.75) is 0 Å². The Balaban J connectivity index is 2.99. The van der Waals surface area contributed by atoms with E-state index in [0.29, 0.717) is 5.52 Å². The fourth-order valence-corrected chi connectivity index (χ4v) is 0.784. The summed E-state index contributed by atoms with van der Waals surface area (Å²) in [7, 11) is 0. The topological polar surface area (TPSA) is 58.9 Å². The molecule has 0 spiro atoms. The van der Waals surface area contributed by atoms with E-state index in [4.69, 9.17) is 4.42 Å². The van der Waals surface area contributed by atoms with Crippen molar-refractivity contribution >= 4 is 10.9 Å². The third kappa shape index (κ3) is 0.621. The summed E-state index contributed by atoms with van der Waals surface area (Å²) in [4.78, 5) is 16.6. The fourth-order valence-electron chi connectivity index (χ4n) is 0.784. The van der Waals surface area contributed by atoms with Crippen molar-refractivity contribution in [3.8, 4) is 0 Å². The molecule has 0 unspecified atom stereocenters. The first-order valence-corrected chi connectivity index (χ1v) is 2.77. The normalized spacial score (nSPS) is 10.4. The molecule has 0 saturated carbocycles. The average molecular weight is 136 g/mol. The molecule has 0 aliphatic rings. The summed E-state index contributed by atoms with van der Waals surface area (Å²) in [5, 5.41) is 0.805. The smallest absolute Gasteiger partial charge is 0.345 e. The van der Waals surface area contributed by atoms with Crippen molar-refractivity contribution in [3.05, 3.63) is 29.2 Å².